The zero-order chi connectivity index (χ0) is 21.5. The fourth-order valence-corrected chi connectivity index (χ4v) is 3.28. The Bertz CT molecular complexity index is 1120. The first-order valence-electron chi connectivity index (χ1n) is 8.80. The normalized spacial score (nSPS) is 10.9. The van der Waals surface area contributed by atoms with Gasteiger partial charge in [0.25, 0.3) is 5.91 Å². The van der Waals surface area contributed by atoms with Gasteiger partial charge in [-0.15, -0.1) is 0 Å². The van der Waals surface area contributed by atoms with Crippen LogP contribution < -0.4 is 10.1 Å². The van der Waals surface area contributed by atoms with Crippen LogP contribution in [0.2, 0.25) is 5.02 Å². The van der Waals surface area contributed by atoms with E-state index < -0.39 is 5.91 Å². The van der Waals surface area contributed by atoms with Crippen molar-refractivity contribution in [3.05, 3.63) is 97.4 Å². The van der Waals surface area contributed by atoms with Gasteiger partial charge >= 0.3 is 0 Å². The molecule has 1 N–H and O–H groups in total. The number of benzene rings is 3. The highest BCUT2D eigenvalue weighted by molar-refractivity contribution is 9.10. The number of anilines is 1. The molecule has 150 valence electrons. The number of amides is 1. The standard InChI is InChI=1S/C23H15Br2ClN2O2/c24-18-4-1-15(2-5-18)14-30-22-10-3-16(12-21(22)26)11-17(13-27)23(29)28-20-8-6-19(25)7-9-20/h1-12H,14H2,(H,28,29)/b17-11+. The summed E-state index contributed by atoms with van der Waals surface area (Å²) in [5.41, 5.74) is 2.20. The molecule has 3 aromatic carbocycles. The van der Waals surface area contributed by atoms with Crippen molar-refractivity contribution in [3.63, 3.8) is 0 Å². The first-order chi connectivity index (χ1) is 14.4. The van der Waals surface area contributed by atoms with Gasteiger partial charge in [-0.1, -0.05) is 61.7 Å². The molecule has 30 heavy (non-hydrogen) atoms. The van der Waals surface area contributed by atoms with Gasteiger partial charge in [-0.05, 0) is 65.7 Å². The minimum Gasteiger partial charge on any atom is -0.487 e. The van der Waals surface area contributed by atoms with E-state index in [0.717, 1.165) is 14.5 Å². The predicted octanol–water partition coefficient (Wildman–Crippen LogP) is 6.99. The third-order valence-corrected chi connectivity index (χ3v) is 5.39. The van der Waals surface area contributed by atoms with Gasteiger partial charge < -0.3 is 10.1 Å². The molecule has 4 nitrogen and oxygen atoms in total. The van der Waals surface area contributed by atoms with Crippen molar-refractivity contribution in [2.45, 2.75) is 6.61 Å². The fourth-order valence-electron chi connectivity index (χ4n) is 2.51. The summed E-state index contributed by atoms with van der Waals surface area (Å²) in [6.07, 6.45) is 1.48. The van der Waals surface area contributed by atoms with Crippen molar-refractivity contribution < 1.29 is 9.53 Å². The van der Waals surface area contributed by atoms with Gasteiger partial charge in [-0.2, -0.15) is 5.26 Å². The summed E-state index contributed by atoms with van der Waals surface area (Å²) in [5.74, 6) is 0.0288. The molecule has 0 aromatic heterocycles. The average molecular weight is 547 g/mol. The zero-order valence-electron chi connectivity index (χ0n) is 15.5. The topological polar surface area (TPSA) is 62.1 Å². The largest absolute Gasteiger partial charge is 0.487 e. The van der Waals surface area contributed by atoms with E-state index in [1.54, 1.807) is 42.5 Å². The van der Waals surface area contributed by atoms with Gasteiger partial charge in [0, 0.05) is 14.6 Å². The van der Waals surface area contributed by atoms with Crippen molar-refractivity contribution in [3.8, 4) is 11.8 Å². The van der Waals surface area contributed by atoms with Crippen molar-refractivity contribution >= 4 is 61.1 Å². The molecular formula is C23H15Br2ClN2O2. The fraction of sp³-hybridized carbons (Fsp3) is 0.0435. The minimum atomic E-state index is -0.494. The third-order valence-electron chi connectivity index (χ3n) is 4.04. The number of rotatable bonds is 6. The first kappa shape index (κ1) is 22.1. The molecule has 0 aliphatic heterocycles. The lowest BCUT2D eigenvalue weighted by molar-refractivity contribution is -0.112. The molecule has 0 saturated heterocycles. The van der Waals surface area contributed by atoms with Crippen LogP contribution in [-0.2, 0) is 11.4 Å². The number of halogens is 3. The lowest BCUT2D eigenvalue weighted by Crippen LogP contribution is -2.13. The van der Waals surface area contributed by atoms with Gasteiger partial charge in [0.2, 0.25) is 0 Å². The van der Waals surface area contributed by atoms with E-state index in [-0.39, 0.29) is 5.57 Å². The van der Waals surface area contributed by atoms with E-state index in [0.29, 0.717) is 28.6 Å². The molecule has 1 amide bonds. The summed E-state index contributed by atoms with van der Waals surface area (Å²) < 4.78 is 7.66. The van der Waals surface area contributed by atoms with Crippen molar-refractivity contribution in [1.82, 2.24) is 0 Å². The molecule has 3 aromatic rings. The van der Waals surface area contributed by atoms with Crippen LogP contribution in [0.3, 0.4) is 0 Å². The van der Waals surface area contributed by atoms with Crippen molar-refractivity contribution in [2.75, 3.05) is 5.32 Å². The van der Waals surface area contributed by atoms with Crippen LogP contribution in [0.15, 0.2) is 81.2 Å². The Morgan fingerprint density at radius 2 is 1.67 bits per heavy atom. The van der Waals surface area contributed by atoms with Gasteiger partial charge in [0.15, 0.2) is 0 Å². The highest BCUT2D eigenvalue weighted by Crippen LogP contribution is 2.27. The molecule has 0 aliphatic carbocycles. The lowest BCUT2D eigenvalue weighted by atomic mass is 10.1. The number of nitriles is 1. The molecule has 0 heterocycles. The second kappa shape index (κ2) is 10.4. The Morgan fingerprint density at radius 3 is 2.27 bits per heavy atom. The summed E-state index contributed by atoms with van der Waals surface area (Å²) in [7, 11) is 0. The number of nitrogens with one attached hydrogen (secondary N) is 1. The summed E-state index contributed by atoms with van der Waals surface area (Å²) >= 11 is 13.1. The smallest absolute Gasteiger partial charge is 0.266 e. The van der Waals surface area contributed by atoms with E-state index in [9.17, 15) is 10.1 Å². The van der Waals surface area contributed by atoms with Gasteiger partial charge in [0.1, 0.15) is 24.0 Å². The van der Waals surface area contributed by atoms with Gasteiger partial charge in [-0.25, -0.2) is 0 Å². The molecule has 0 saturated carbocycles. The molecule has 0 unspecified atom stereocenters. The monoisotopic (exact) mass is 544 g/mol. The lowest BCUT2D eigenvalue weighted by Gasteiger charge is -2.09. The number of hydrogen-bond donors (Lipinski definition) is 1. The number of carbonyl (C=O) groups is 1. The predicted molar refractivity (Wildman–Crippen MR) is 126 cm³/mol. The van der Waals surface area contributed by atoms with Crippen LogP contribution in [0.5, 0.6) is 5.75 Å². The van der Waals surface area contributed by atoms with Crippen LogP contribution in [-0.4, -0.2) is 5.91 Å². The van der Waals surface area contributed by atoms with Crippen molar-refractivity contribution in [1.29, 1.82) is 5.26 Å². The Balaban J connectivity index is 1.69. The van der Waals surface area contributed by atoms with E-state index in [1.165, 1.54) is 6.08 Å². The van der Waals surface area contributed by atoms with Crippen molar-refractivity contribution in [2.24, 2.45) is 0 Å². The van der Waals surface area contributed by atoms with Crippen LogP contribution in [0.1, 0.15) is 11.1 Å². The zero-order valence-corrected chi connectivity index (χ0v) is 19.5. The average Bonchev–Trinajstić information content (AvgIpc) is 2.74. The Kier molecular flexibility index (Phi) is 7.69. The number of carbonyl (C=O) groups excluding carboxylic acids is 1. The molecule has 0 fully saturated rings. The third kappa shape index (κ3) is 6.20. The van der Waals surface area contributed by atoms with Crippen LogP contribution in [0, 0.1) is 11.3 Å². The second-order valence-corrected chi connectivity index (χ2v) is 8.47. The van der Waals surface area contributed by atoms with Gasteiger partial charge in [-0.3, -0.25) is 4.79 Å². The highest BCUT2D eigenvalue weighted by Gasteiger charge is 2.11. The number of nitrogens with zero attached hydrogens (tertiary/aromatic N) is 1. The maximum absolute atomic E-state index is 12.4. The van der Waals surface area contributed by atoms with Crippen LogP contribution in [0.25, 0.3) is 6.08 Å². The van der Waals surface area contributed by atoms with E-state index >= 15 is 0 Å². The molecule has 7 heteroatoms. The molecule has 0 atom stereocenters. The maximum Gasteiger partial charge on any atom is 0.266 e. The molecular weight excluding hydrogens is 532 g/mol. The SMILES string of the molecule is N#C/C(=C\c1ccc(OCc2ccc(Br)cc2)c(Cl)c1)C(=O)Nc1ccc(Br)cc1. The highest BCUT2D eigenvalue weighted by atomic mass is 79.9. The first-order valence-corrected chi connectivity index (χ1v) is 10.8. The van der Waals surface area contributed by atoms with E-state index in [2.05, 4.69) is 37.2 Å². The summed E-state index contributed by atoms with van der Waals surface area (Å²) in [6, 6.07) is 21.9. The Labute approximate surface area is 196 Å². The Hall–Kier alpha value is -2.59. The van der Waals surface area contributed by atoms with Gasteiger partial charge in [0.05, 0.1) is 5.02 Å². The second-order valence-electron chi connectivity index (χ2n) is 6.24. The number of hydrogen-bond acceptors (Lipinski definition) is 3. The minimum absolute atomic E-state index is 0.0301. The quantitative estimate of drug-likeness (QED) is 0.268. The van der Waals surface area contributed by atoms with Crippen LogP contribution >= 0.6 is 43.5 Å². The Morgan fingerprint density at radius 1 is 1.03 bits per heavy atom. The molecule has 0 bridgehead atoms. The molecule has 0 radical (unpaired) electrons. The number of ether oxygens (including phenoxy) is 1. The van der Waals surface area contributed by atoms with Crippen LogP contribution in [0.4, 0.5) is 5.69 Å². The maximum atomic E-state index is 12.4. The van der Waals surface area contributed by atoms with E-state index in [1.807, 2.05) is 30.3 Å². The van der Waals surface area contributed by atoms with E-state index in [4.69, 9.17) is 16.3 Å². The summed E-state index contributed by atoms with van der Waals surface area (Å²) in [5, 5.41) is 12.5. The summed E-state index contributed by atoms with van der Waals surface area (Å²) in [6.45, 7) is 0.376. The molecule has 0 aliphatic rings. The summed E-state index contributed by atoms with van der Waals surface area (Å²) in [4.78, 5) is 12.4. The molecule has 0 spiro atoms. The molecule has 3 rings (SSSR count).